The normalized spacial score (nSPS) is 9.87. The number of ether oxygens (including phenoxy) is 1. The lowest BCUT2D eigenvalue weighted by molar-refractivity contribution is -0.113. The molecular formula is C11H15NO2S. The average molecular weight is 225 g/mol. The number of rotatable bonds is 3. The van der Waals surface area contributed by atoms with E-state index < -0.39 is 0 Å². The molecule has 82 valence electrons. The van der Waals surface area contributed by atoms with Crippen LogP contribution >= 0.6 is 12.6 Å². The third kappa shape index (κ3) is 2.65. The number of hydrogen-bond donors (Lipinski definition) is 2. The van der Waals surface area contributed by atoms with Gasteiger partial charge >= 0.3 is 0 Å². The Hall–Kier alpha value is -1.16. The largest absolute Gasteiger partial charge is 0.496 e. The van der Waals surface area contributed by atoms with Crippen molar-refractivity contribution in [3.63, 3.8) is 0 Å². The van der Waals surface area contributed by atoms with Gasteiger partial charge in [0.1, 0.15) is 5.75 Å². The maximum Gasteiger partial charge on any atom is 0.234 e. The number of thiol groups is 1. The van der Waals surface area contributed by atoms with Crippen LogP contribution in [-0.4, -0.2) is 18.8 Å². The number of hydrogen-bond acceptors (Lipinski definition) is 3. The Labute approximate surface area is 95.2 Å². The smallest absolute Gasteiger partial charge is 0.234 e. The zero-order valence-electron chi connectivity index (χ0n) is 9.13. The second-order valence-corrected chi connectivity index (χ2v) is 3.59. The number of anilines is 1. The van der Waals surface area contributed by atoms with E-state index in [0.717, 1.165) is 22.6 Å². The van der Waals surface area contributed by atoms with Gasteiger partial charge in [0.15, 0.2) is 0 Å². The minimum absolute atomic E-state index is 0.106. The molecule has 0 heterocycles. The van der Waals surface area contributed by atoms with Crippen molar-refractivity contribution in [2.75, 3.05) is 18.2 Å². The Morgan fingerprint density at radius 2 is 2.07 bits per heavy atom. The van der Waals surface area contributed by atoms with Crippen LogP contribution in [0.2, 0.25) is 0 Å². The van der Waals surface area contributed by atoms with Crippen LogP contribution in [-0.2, 0) is 4.79 Å². The van der Waals surface area contributed by atoms with E-state index >= 15 is 0 Å². The number of benzene rings is 1. The first-order chi connectivity index (χ1) is 7.10. The SMILES string of the molecule is COc1ccc(NC(=O)CS)c(C)c1C. The van der Waals surface area contributed by atoms with Crippen LogP contribution in [0.4, 0.5) is 5.69 Å². The van der Waals surface area contributed by atoms with Gasteiger partial charge in [0.25, 0.3) is 0 Å². The third-order valence-electron chi connectivity index (χ3n) is 2.38. The lowest BCUT2D eigenvalue weighted by Crippen LogP contribution is -2.13. The first kappa shape index (κ1) is 11.9. The molecule has 0 aliphatic heterocycles. The van der Waals surface area contributed by atoms with E-state index in [2.05, 4.69) is 17.9 Å². The molecule has 0 saturated carbocycles. The number of nitrogens with one attached hydrogen (secondary N) is 1. The molecule has 0 bridgehead atoms. The molecule has 15 heavy (non-hydrogen) atoms. The Morgan fingerprint density at radius 1 is 1.40 bits per heavy atom. The molecule has 0 aliphatic carbocycles. The second kappa shape index (κ2) is 5.07. The minimum atomic E-state index is -0.106. The Balaban J connectivity index is 3.01. The van der Waals surface area contributed by atoms with Gasteiger partial charge in [-0.05, 0) is 37.1 Å². The van der Waals surface area contributed by atoms with Crippen LogP contribution < -0.4 is 10.1 Å². The zero-order chi connectivity index (χ0) is 11.4. The van der Waals surface area contributed by atoms with Crippen molar-refractivity contribution in [3.8, 4) is 5.75 Å². The Kier molecular flexibility index (Phi) is 4.03. The summed E-state index contributed by atoms with van der Waals surface area (Å²) in [4.78, 5) is 11.2. The van der Waals surface area contributed by atoms with Gasteiger partial charge in [0.2, 0.25) is 5.91 Å². The number of methoxy groups -OCH3 is 1. The van der Waals surface area contributed by atoms with Gasteiger partial charge in [-0.1, -0.05) is 0 Å². The van der Waals surface area contributed by atoms with E-state index in [1.807, 2.05) is 26.0 Å². The van der Waals surface area contributed by atoms with Gasteiger partial charge in [-0.25, -0.2) is 0 Å². The van der Waals surface area contributed by atoms with Gasteiger partial charge < -0.3 is 10.1 Å². The van der Waals surface area contributed by atoms with Crippen LogP contribution in [0, 0.1) is 13.8 Å². The Bertz CT molecular complexity index is 377. The maximum atomic E-state index is 11.2. The molecule has 0 aliphatic rings. The summed E-state index contributed by atoms with van der Waals surface area (Å²) in [7, 11) is 1.63. The lowest BCUT2D eigenvalue weighted by atomic mass is 10.1. The minimum Gasteiger partial charge on any atom is -0.496 e. The van der Waals surface area contributed by atoms with Crippen molar-refractivity contribution in [1.29, 1.82) is 0 Å². The maximum absolute atomic E-state index is 11.2. The van der Waals surface area contributed by atoms with Gasteiger partial charge in [0, 0.05) is 5.69 Å². The summed E-state index contributed by atoms with van der Waals surface area (Å²) in [6.07, 6.45) is 0. The standard InChI is InChI=1S/C11H15NO2S/c1-7-8(2)10(14-3)5-4-9(7)12-11(13)6-15/h4-5,15H,6H2,1-3H3,(H,12,13). The van der Waals surface area contributed by atoms with Crippen molar-refractivity contribution in [2.24, 2.45) is 0 Å². The van der Waals surface area contributed by atoms with E-state index in [-0.39, 0.29) is 11.7 Å². The van der Waals surface area contributed by atoms with E-state index in [4.69, 9.17) is 4.74 Å². The van der Waals surface area contributed by atoms with Crippen molar-refractivity contribution < 1.29 is 9.53 Å². The molecule has 1 amide bonds. The van der Waals surface area contributed by atoms with E-state index in [1.54, 1.807) is 7.11 Å². The molecule has 0 atom stereocenters. The molecule has 1 rings (SSSR count). The molecule has 1 aromatic rings. The average Bonchev–Trinajstić information content (AvgIpc) is 2.25. The molecule has 4 heteroatoms. The van der Waals surface area contributed by atoms with Crippen molar-refractivity contribution >= 4 is 24.2 Å². The fourth-order valence-electron chi connectivity index (χ4n) is 1.34. The molecule has 0 radical (unpaired) electrons. The summed E-state index contributed by atoms with van der Waals surface area (Å²) in [5.74, 6) is 0.909. The summed E-state index contributed by atoms with van der Waals surface area (Å²) in [6.45, 7) is 3.91. The number of carbonyl (C=O) groups is 1. The van der Waals surface area contributed by atoms with Crippen LogP contribution in [0.5, 0.6) is 5.75 Å². The number of amides is 1. The highest BCUT2D eigenvalue weighted by Gasteiger charge is 2.08. The first-order valence-corrected chi connectivity index (χ1v) is 5.28. The van der Waals surface area contributed by atoms with Gasteiger partial charge in [-0.3, -0.25) is 4.79 Å². The van der Waals surface area contributed by atoms with Crippen molar-refractivity contribution in [2.45, 2.75) is 13.8 Å². The zero-order valence-corrected chi connectivity index (χ0v) is 10.0. The molecule has 0 fully saturated rings. The van der Waals surface area contributed by atoms with Crippen LogP contribution in [0.25, 0.3) is 0 Å². The monoisotopic (exact) mass is 225 g/mol. The fourth-order valence-corrected chi connectivity index (χ4v) is 1.42. The van der Waals surface area contributed by atoms with Crippen LogP contribution in [0.1, 0.15) is 11.1 Å². The van der Waals surface area contributed by atoms with Crippen LogP contribution in [0.3, 0.4) is 0 Å². The van der Waals surface area contributed by atoms with Gasteiger partial charge in [-0.2, -0.15) is 12.6 Å². The molecular weight excluding hydrogens is 210 g/mol. The summed E-state index contributed by atoms with van der Waals surface area (Å²) in [5.41, 5.74) is 2.87. The Morgan fingerprint density at radius 3 is 2.60 bits per heavy atom. The molecule has 1 N–H and O–H groups in total. The fraction of sp³-hybridized carbons (Fsp3) is 0.364. The van der Waals surface area contributed by atoms with Crippen LogP contribution in [0.15, 0.2) is 12.1 Å². The quantitative estimate of drug-likeness (QED) is 0.774. The van der Waals surface area contributed by atoms with Gasteiger partial charge in [-0.15, -0.1) is 0 Å². The van der Waals surface area contributed by atoms with E-state index in [9.17, 15) is 4.79 Å². The van der Waals surface area contributed by atoms with Gasteiger partial charge in [0.05, 0.1) is 12.9 Å². The highest BCUT2D eigenvalue weighted by atomic mass is 32.1. The van der Waals surface area contributed by atoms with Crippen molar-refractivity contribution in [3.05, 3.63) is 23.3 Å². The summed E-state index contributed by atoms with van der Waals surface area (Å²) in [5, 5.41) is 2.78. The molecule has 0 saturated heterocycles. The first-order valence-electron chi connectivity index (χ1n) is 4.65. The molecule has 0 spiro atoms. The molecule has 0 aromatic heterocycles. The molecule has 3 nitrogen and oxygen atoms in total. The molecule has 1 aromatic carbocycles. The second-order valence-electron chi connectivity index (χ2n) is 3.27. The lowest BCUT2D eigenvalue weighted by Gasteiger charge is -2.12. The highest BCUT2D eigenvalue weighted by Crippen LogP contribution is 2.27. The third-order valence-corrected chi connectivity index (χ3v) is 2.66. The topological polar surface area (TPSA) is 38.3 Å². The predicted molar refractivity (Wildman–Crippen MR) is 65.0 cm³/mol. The summed E-state index contributed by atoms with van der Waals surface area (Å²) >= 11 is 3.91. The summed E-state index contributed by atoms with van der Waals surface area (Å²) < 4.78 is 5.18. The predicted octanol–water partition coefficient (Wildman–Crippen LogP) is 2.18. The van der Waals surface area contributed by atoms with Crippen molar-refractivity contribution in [1.82, 2.24) is 0 Å². The van der Waals surface area contributed by atoms with E-state index in [0.29, 0.717) is 0 Å². The number of carbonyl (C=O) groups excluding carboxylic acids is 1. The van der Waals surface area contributed by atoms with E-state index in [1.165, 1.54) is 0 Å². The summed E-state index contributed by atoms with van der Waals surface area (Å²) in [6, 6.07) is 3.68. The highest BCUT2D eigenvalue weighted by molar-refractivity contribution is 7.81. The molecule has 0 unspecified atom stereocenters.